The Morgan fingerprint density at radius 2 is 2.00 bits per heavy atom. The number of aromatic nitrogens is 5. The largest absolute Gasteiger partial charge is 0.494 e. The van der Waals surface area contributed by atoms with Crippen LogP contribution >= 0.6 is 11.3 Å². The highest BCUT2D eigenvalue weighted by atomic mass is 32.1. The minimum atomic E-state index is 0.0214. The third-order valence-electron chi connectivity index (χ3n) is 9.72. The van der Waals surface area contributed by atoms with Gasteiger partial charge in [0.2, 0.25) is 0 Å². The molecule has 8 rings (SSSR count). The van der Waals surface area contributed by atoms with Crippen LogP contribution in [0.15, 0.2) is 35.8 Å². The van der Waals surface area contributed by atoms with E-state index in [1.54, 1.807) is 18.4 Å². The molecule has 3 aliphatic rings. The molecular formula is C32H37N7O2S. The maximum atomic E-state index is 13.7. The number of hydrogen-bond donors (Lipinski definition) is 1. The molecule has 0 radical (unpaired) electrons. The van der Waals surface area contributed by atoms with Crippen LogP contribution in [0, 0.1) is 11.8 Å². The van der Waals surface area contributed by atoms with Crippen molar-refractivity contribution in [1.82, 2.24) is 28.8 Å². The number of fused-ring (bicyclic) bond motifs is 4. The summed E-state index contributed by atoms with van der Waals surface area (Å²) in [6, 6.07) is 8.72. The van der Waals surface area contributed by atoms with Crippen LogP contribution < -0.4 is 10.5 Å². The molecule has 0 spiro atoms. The quantitative estimate of drug-likeness (QED) is 0.266. The summed E-state index contributed by atoms with van der Waals surface area (Å²) in [5.41, 5.74) is 13.2. The average molecular weight is 584 g/mol. The van der Waals surface area contributed by atoms with Gasteiger partial charge in [-0.1, -0.05) is 0 Å². The molecule has 3 atom stereocenters. The minimum absolute atomic E-state index is 0.0214. The van der Waals surface area contributed by atoms with Gasteiger partial charge < -0.3 is 24.5 Å². The van der Waals surface area contributed by atoms with Crippen molar-refractivity contribution in [3.63, 3.8) is 0 Å². The van der Waals surface area contributed by atoms with Crippen molar-refractivity contribution in [2.75, 3.05) is 13.7 Å². The number of methoxy groups -OCH3 is 1. The number of thiophene rings is 1. The number of nitrogens with two attached hydrogens (primary N) is 1. The molecule has 2 bridgehead atoms. The fourth-order valence-corrected chi connectivity index (χ4v) is 8.21. The van der Waals surface area contributed by atoms with Crippen LogP contribution in [0.1, 0.15) is 55.9 Å². The molecule has 10 heteroatoms. The zero-order chi connectivity index (χ0) is 28.9. The fraction of sp³-hybridized carbons (Fsp3) is 0.469. The zero-order valence-corrected chi connectivity index (χ0v) is 25.4. The molecule has 0 unspecified atom stereocenters. The number of rotatable bonds is 7. The van der Waals surface area contributed by atoms with Crippen LogP contribution in [0.2, 0.25) is 0 Å². The number of carbonyl (C=O) groups is 1. The lowest BCUT2D eigenvalue weighted by Crippen LogP contribution is -2.41. The Bertz CT molecular complexity index is 1860. The van der Waals surface area contributed by atoms with Gasteiger partial charge >= 0.3 is 0 Å². The minimum Gasteiger partial charge on any atom is -0.494 e. The summed E-state index contributed by atoms with van der Waals surface area (Å²) in [5.74, 6) is 2.64. The lowest BCUT2D eigenvalue weighted by molar-refractivity contribution is 0.0700. The fourth-order valence-electron chi connectivity index (χ4n) is 7.22. The van der Waals surface area contributed by atoms with Gasteiger partial charge in [-0.15, -0.1) is 11.3 Å². The second-order valence-corrected chi connectivity index (χ2v) is 13.6. The summed E-state index contributed by atoms with van der Waals surface area (Å²) in [5, 5.41) is 7.14. The van der Waals surface area contributed by atoms with Crippen LogP contribution in [-0.2, 0) is 13.6 Å². The first-order chi connectivity index (χ1) is 20.3. The van der Waals surface area contributed by atoms with Crippen LogP contribution in [0.3, 0.4) is 0 Å². The Morgan fingerprint density at radius 3 is 2.67 bits per heavy atom. The van der Waals surface area contributed by atoms with Gasteiger partial charge in [-0.2, -0.15) is 5.10 Å². The van der Waals surface area contributed by atoms with Crippen molar-refractivity contribution in [3.8, 4) is 28.5 Å². The smallest absolute Gasteiger partial charge is 0.254 e. The van der Waals surface area contributed by atoms with Crippen molar-refractivity contribution in [3.05, 3.63) is 41.4 Å². The van der Waals surface area contributed by atoms with Crippen LogP contribution in [-0.4, -0.2) is 60.4 Å². The molecule has 5 aromatic rings. The topological polar surface area (TPSA) is 96.1 Å². The number of piperidine rings is 1. The van der Waals surface area contributed by atoms with Gasteiger partial charge in [0, 0.05) is 61.0 Å². The number of carbonyl (C=O) groups excluding carboxylic acids is 1. The van der Waals surface area contributed by atoms with Gasteiger partial charge in [0.15, 0.2) is 5.82 Å². The lowest BCUT2D eigenvalue weighted by Gasteiger charge is -2.27. The molecule has 42 heavy (non-hydrogen) atoms. The molecule has 1 aliphatic heterocycles. The highest BCUT2D eigenvalue weighted by Crippen LogP contribution is 2.43. The van der Waals surface area contributed by atoms with E-state index in [9.17, 15) is 4.79 Å². The molecule has 9 nitrogen and oxygen atoms in total. The molecular weight excluding hydrogens is 546 g/mol. The Kier molecular flexibility index (Phi) is 5.85. The average Bonchev–Trinajstić information content (AvgIpc) is 3.48. The number of amides is 1. The Balaban J connectivity index is 1.25. The summed E-state index contributed by atoms with van der Waals surface area (Å²) < 4.78 is 13.7. The van der Waals surface area contributed by atoms with E-state index in [1.165, 1.54) is 28.6 Å². The molecule has 218 valence electrons. The second kappa shape index (κ2) is 9.44. The summed E-state index contributed by atoms with van der Waals surface area (Å²) >= 11 is 1.76. The van der Waals surface area contributed by atoms with Crippen molar-refractivity contribution in [1.29, 1.82) is 0 Å². The molecule has 5 heterocycles. The van der Waals surface area contributed by atoms with Crippen LogP contribution in [0.5, 0.6) is 5.75 Å². The number of aryl methyl sites for hydroxylation is 1. The Morgan fingerprint density at radius 1 is 1.17 bits per heavy atom. The van der Waals surface area contributed by atoms with Gasteiger partial charge in [-0.3, -0.25) is 9.48 Å². The first-order valence-electron chi connectivity index (χ1n) is 15.1. The number of benzene rings is 1. The maximum Gasteiger partial charge on any atom is 0.254 e. The van der Waals surface area contributed by atoms with Gasteiger partial charge in [-0.05, 0) is 75.6 Å². The first-order valence-corrected chi connectivity index (χ1v) is 16.0. The molecule has 2 aliphatic carbocycles. The molecule has 4 aromatic heterocycles. The Hall–Kier alpha value is -3.63. The molecule has 3 fully saturated rings. The van der Waals surface area contributed by atoms with Gasteiger partial charge in [0.05, 0.1) is 34.2 Å². The molecule has 2 saturated carbocycles. The van der Waals surface area contributed by atoms with Crippen molar-refractivity contribution in [2.24, 2.45) is 24.6 Å². The van der Waals surface area contributed by atoms with E-state index < -0.39 is 0 Å². The number of hydrogen-bond acceptors (Lipinski definition) is 6. The van der Waals surface area contributed by atoms with Crippen LogP contribution in [0.25, 0.3) is 44.0 Å². The monoisotopic (exact) mass is 583 g/mol. The number of nitrogens with zero attached hydrogens (tertiary/aromatic N) is 6. The summed E-state index contributed by atoms with van der Waals surface area (Å²) in [4.78, 5) is 20.8. The molecule has 1 saturated heterocycles. The van der Waals surface area contributed by atoms with Crippen molar-refractivity contribution < 1.29 is 9.53 Å². The SMILES string of the molecule is COc1cc(C(=O)N2C[C@H]3CC[C@@H]2[C@@H]3N)cc2nc(-c3cc4scc(-c5ccn(C(C)C)n5)c4n3CC3CC3)n(C)c12. The maximum absolute atomic E-state index is 13.7. The van der Waals surface area contributed by atoms with E-state index in [1.807, 2.05) is 28.8 Å². The zero-order valence-electron chi connectivity index (χ0n) is 24.6. The third kappa shape index (κ3) is 3.87. The van der Waals surface area contributed by atoms with E-state index >= 15 is 0 Å². The first kappa shape index (κ1) is 26.0. The summed E-state index contributed by atoms with van der Waals surface area (Å²) in [6.45, 7) is 5.99. The highest BCUT2D eigenvalue weighted by molar-refractivity contribution is 7.17. The third-order valence-corrected chi connectivity index (χ3v) is 10.6. The van der Waals surface area contributed by atoms with E-state index in [0.717, 1.165) is 54.2 Å². The van der Waals surface area contributed by atoms with Gasteiger partial charge in [-0.25, -0.2) is 4.98 Å². The lowest BCUT2D eigenvalue weighted by atomic mass is 10.1. The van der Waals surface area contributed by atoms with Crippen molar-refractivity contribution >= 4 is 38.5 Å². The van der Waals surface area contributed by atoms with Gasteiger partial charge in [0.1, 0.15) is 11.3 Å². The number of ether oxygens (including phenoxy) is 1. The molecule has 1 amide bonds. The van der Waals surface area contributed by atoms with E-state index in [4.69, 9.17) is 20.6 Å². The predicted octanol–water partition coefficient (Wildman–Crippen LogP) is 5.68. The Labute approximate surface area is 248 Å². The van der Waals surface area contributed by atoms with E-state index in [0.29, 0.717) is 29.2 Å². The predicted molar refractivity (Wildman–Crippen MR) is 166 cm³/mol. The summed E-state index contributed by atoms with van der Waals surface area (Å²) in [6.07, 6.45) is 6.67. The molecule has 1 aromatic carbocycles. The molecule has 2 N–H and O–H groups in total. The van der Waals surface area contributed by atoms with Crippen molar-refractivity contribution in [2.45, 2.75) is 64.2 Å². The van der Waals surface area contributed by atoms with E-state index in [-0.39, 0.29) is 18.0 Å². The number of imidazole rings is 1. The van der Waals surface area contributed by atoms with Gasteiger partial charge in [0.25, 0.3) is 5.91 Å². The standard InChI is InChI=1S/C32H37N7O2S/c1-17(2)39-10-9-22(35-39)21-16-42-27-13-25(37(29(21)27)14-18-5-6-18)31-34-23-11-20(12-26(41-4)30(23)36(31)3)32(40)38-15-19-7-8-24(38)28(19)33/h9-13,16-19,24,28H,5-8,14-15,33H2,1-4H3/t19-,24-,28-/m1/s1. The highest BCUT2D eigenvalue weighted by Gasteiger charge is 2.47. The van der Waals surface area contributed by atoms with E-state index in [2.05, 4.69) is 46.7 Å². The normalized spacial score (nSPS) is 22.0. The number of likely N-dealkylation sites (tertiary alicyclic amines) is 1. The summed E-state index contributed by atoms with van der Waals surface area (Å²) in [7, 11) is 3.71. The van der Waals surface area contributed by atoms with Crippen LogP contribution in [0.4, 0.5) is 0 Å². The second-order valence-electron chi connectivity index (χ2n) is 12.7.